The molecule has 0 bridgehead atoms. The van der Waals surface area contributed by atoms with Gasteiger partial charge in [0.05, 0.1) is 12.4 Å². The van der Waals surface area contributed by atoms with Crippen LogP contribution in [0.1, 0.15) is 32.4 Å². The number of carboxylic acid groups (broad SMARTS) is 1. The molecule has 3 amide bonds. The van der Waals surface area contributed by atoms with Gasteiger partial charge in [0.1, 0.15) is 18.1 Å². The van der Waals surface area contributed by atoms with Gasteiger partial charge in [-0.15, -0.1) is 0 Å². The number of imidazole rings is 1. The molecule has 33 heavy (non-hydrogen) atoms. The Morgan fingerprint density at radius 2 is 1.82 bits per heavy atom. The quantitative estimate of drug-likeness (QED) is 0.158. The van der Waals surface area contributed by atoms with Crippen molar-refractivity contribution >= 4 is 48.1 Å². The number of hydrogen-bond donors (Lipinski definition) is 7. The van der Waals surface area contributed by atoms with Crippen molar-refractivity contribution in [1.82, 2.24) is 25.9 Å². The predicted octanol–water partition coefficient (Wildman–Crippen LogP) is -0.452. The third-order valence-corrected chi connectivity index (χ3v) is 6.18. The van der Waals surface area contributed by atoms with Crippen LogP contribution >= 0.6 is 24.4 Å². The fourth-order valence-electron chi connectivity index (χ4n) is 2.91. The lowest BCUT2D eigenvalue weighted by Crippen LogP contribution is -2.58. The van der Waals surface area contributed by atoms with Crippen molar-refractivity contribution in [2.75, 3.05) is 17.8 Å². The molecular formula is C20H34N6O5S2. The third kappa shape index (κ3) is 9.64. The van der Waals surface area contributed by atoms with E-state index in [1.165, 1.54) is 18.1 Å². The van der Waals surface area contributed by atoms with E-state index in [1.54, 1.807) is 13.1 Å². The molecule has 5 atom stereocenters. The summed E-state index contributed by atoms with van der Waals surface area (Å²) >= 11 is 5.62. The predicted molar refractivity (Wildman–Crippen MR) is 130 cm³/mol. The van der Waals surface area contributed by atoms with Crippen molar-refractivity contribution in [2.24, 2.45) is 11.7 Å². The number of nitrogens with two attached hydrogens (primary N) is 1. The van der Waals surface area contributed by atoms with Crippen molar-refractivity contribution in [3.8, 4) is 0 Å². The standard InChI is InChI=1S/C20H34N6O5S2/c1-4-11(2)16(20(30)31)26-19(29)15(9-32)25-18(28)14(5-6-33-3)24-17(27)13(21)7-12-8-22-10-23-12/h8,10-11,13-16,32H,4-7,9,21H2,1-3H3,(H,22,23)(H,24,27)(H,25,28)(H,26,29)(H,30,31). The normalized spacial score (nSPS) is 15.5. The summed E-state index contributed by atoms with van der Waals surface area (Å²) in [5.41, 5.74) is 6.64. The third-order valence-electron chi connectivity index (χ3n) is 5.17. The first kappa shape index (κ1) is 28.8. The van der Waals surface area contributed by atoms with Gasteiger partial charge in [0.25, 0.3) is 0 Å². The maximum absolute atomic E-state index is 12.9. The molecule has 0 saturated heterocycles. The first-order valence-corrected chi connectivity index (χ1v) is 12.6. The maximum Gasteiger partial charge on any atom is 0.326 e. The van der Waals surface area contributed by atoms with E-state index in [-0.39, 0.29) is 18.1 Å². The van der Waals surface area contributed by atoms with Gasteiger partial charge in [0, 0.05) is 24.1 Å². The molecule has 0 aromatic carbocycles. The molecule has 0 saturated carbocycles. The SMILES string of the molecule is CCC(C)C(NC(=O)C(CS)NC(=O)C(CCSC)NC(=O)C(N)Cc1cnc[nH]1)C(=O)O. The summed E-state index contributed by atoms with van der Waals surface area (Å²) in [6, 6.07) is -3.98. The van der Waals surface area contributed by atoms with Crippen LogP contribution in [0.4, 0.5) is 0 Å². The molecule has 1 aromatic rings. The van der Waals surface area contributed by atoms with E-state index >= 15 is 0 Å². The molecule has 0 radical (unpaired) electrons. The highest BCUT2D eigenvalue weighted by Gasteiger charge is 2.31. The van der Waals surface area contributed by atoms with Gasteiger partial charge in [-0.05, 0) is 24.3 Å². The molecule has 7 N–H and O–H groups in total. The second-order valence-corrected chi connectivity index (χ2v) is 9.03. The number of nitrogens with one attached hydrogen (secondary N) is 4. The Morgan fingerprint density at radius 3 is 2.33 bits per heavy atom. The maximum atomic E-state index is 12.9. The number of nitrogens with zero attached hydrogens (tertiary/aromatic N) is 1. The molecule has 11 nitrogen and oxygen atoms in total. The van der Waals surface area contributed by atoms with Gasteiger partial charge < -0.3 is 31.8 Å². The molecule has 0 fully saturated rings. The zero-order valence-electron chi connectivity index (χ0n) is 19.0. The lowest BCUT2D eigenvalue weighted by Gasteiger charge is -2.25. The highest BCUT2D eigenvalue weighted by Crippen LogP contribution is 2.09. The Labute approximate surface area is 203 Å². The number of aromatic nitrogens is 2. The van der Waals surface area contributed by atoms with E-state index in [2.05, 4.69) is 38.5 Å². The second kappa shape index (κ2) is 14.8. The van der Waals surface area contributed by atoms with Gasteiger partial charge in [-0.3, -0.25) is 14.4 Å². The Bertz CT molecular complexity index is 779. The van der Waals surface area contributed by atoms with E-state index in [0.29, 0.717) is 24.3 Å². The zero-order valence-corrected chi connectivity index (χ0v) is 20.7. The van der Waals surface area contributed by atoms with Crippen LogP contribution in [0, 0.1) is 5.92 Å². The van der Waals surface area contributed by atoms with E-state index in [0.717, 1.165) is 0 Å². The van der Waals surface area contributed by atoms with Crippen LogP contribution in [-0.4, -0.2) is 80.7 Å². The number of rotatable bonds is 15. The molecule has 13 heteroatoms. The van der Waals surface area contributed by atoms with E-state index in [1.807, 2.05) is 13.2 Å². The van der Waals surface area contributed by atoms with Gasteiger partial charge in [-0.2, -0.15) is 24.4 Å². The minimum Gasteiger partial charge on any atom is -0.480 e. The summed E-state index contributed by atoms with van der Waals surface area (Å²) in [5.74, 6) is -2.66. The number of amides is 3. The summed E-state index contributed by atoms with van der Waals surface area (Å²) in [6.45, 7) is 3.54. The number of aromatic amines is 1. The van der Waals surface area contributed by atoms with Crippen LogP contribution in [0.25, 0.3) is 0 Å². The summed E-state index contributed by atoms with van der Waals surface area (Å²) in [7, 11) is 0. The molecule has 1 aromatic heterocycles. The molecule has 0 aliphatic rings. The van der Waals surface area contributed by atoms with Crippen LogP contribution < -0.4 is 21.7 Å². The summed E-state index contributed by atoms with van der Waals surface area (Å²) in [6.07, 6.45) is 6.00. The lowest BCUT2D eigenvalue weighted by atomic mass is 9.99. The van der Waals surface area contributed by atoms with Crippen LogP contribution in [0.3, 0.4) is 0 Å². The van der Waals surface area contributed by atoms with Crippen LogP contribution in [0.5, 0.6) is 0 Å². The van der Waals surface area contributed by atoms with Crippen molar-refractivity contribution < 1.29 is 24.3 Å². The molecule has 0 aliphatic carbocycles. The number of thiol groups is 1. The second-order valence-electron chi connectivity index (χ2n) is 7.68. The van der Waals surface area contributed by atoms with Gasteiger partial charge in [-0.1, -0.05) is 20.3 Å². The van der Waals surface area contributed by atoms with E-state index < -0.39 is 47.9 Å². The molecule has 5 unspecified atom stereocenters. The average molecular weight is 503 g/mol. The first-order chi connectivity index (χ1) is 15.6. The smallest absolute Gasteiger partial charge is 0.326 e. The number of carboxylic acids is 1. The minimum atomic E-state index is -1.15. The molecule has 1 heterocycles. The van der Waals surface area contributed by atoms with E-state index in [4.69, 9.17) is 5.73 Å². The van der Waals surface area contributed by atoms with Crippen molar-refractivity contribution in [3.05, 3.63) is 18.2 Å². The van der Waals surface area contributed by atoms with Gasteiger partial charge in [-0.25, -0.2) is 9.78 Å². The summed E-state index contributed by atoms with van der Waals surface area (Å²) < 4.78 is 0. The van der Waals surface area contributed by atoms with Crippen molar-refractivity contribution in [1.29, 1.82) is 0 Å². The largest absolute Gasteiger partial charge is 0.480 e. The summed E-state index contributed by atoms with van der Waals surface area (Å²) in [5, 5.41) is 17.1. The average Bonchev–Trinajstić information content (AvgIpc) is 3.30. The van der Waals surface area contributed by atoms with Gasteiger partial charge in [0.2, 0.25) is 17.7 Å². The van der Waals surface area contributed by atoms with Crippen LogP contribution in [0.15, 0.2) is 12.5 Å². The zero-order chi connectivity index (χ0) is 25.0. The molecule has 1 rings (SSSR count). The molecule has 0 aliphatic heterocycles. The van der Waals surface area contributed by atoms with Crippen LogP contribution in [-0.2, 0) is 25.6 Å². The number of hydrogen-bond acceptors (Lipinski definition) is 8. The minimum absolute atomic E-state index is 0.0487. The van der Waals surface area contributed by atoms with Gasteiger partial charge in [0.15, 0.2) is 0 Å². The number of carbonyl (C=O) groups excluding carboxylic acids is 3. The van der Waals surface area contributed by atoms with Crippen LogP contribution in [0.2, 0.25) is 0 Å². The Hall–Kier alpha value is -2.25. The Balaban J connectivity index is 2.82. The number of thioether (sulfide) groups is 1. The fourth-order valence-corrected chi connectivity index (χ4v) is 3.64. The number of aliphatic carboxylic acids is 1. The number of carbonyl (C=O) groups is 4. The lowest BCUT2D eigenvalue weighted by molar-refractivity contribution is -0.143. The van der Waals surface area contributed by atoms with E-state index in [9.17, 15) is 24.3 Å². The number of H-pyrrole nitrogens is 1. The first-order valence-electron chi connectivity index (χ1n) is 10.6. The summed E-state index contributed by atoms with van der Waals surface area (Å²) in [4.78, 5) is 56.3. The topological polar surface area (TPSA) is 179 Å². The van der Waals surface area contributed by atoms with Crippen molar-refractivity contribution in [3.63, 3.8) is 0 Å². The molecule has 0 spiro atoms. The van der Waals surface area contributed by atoms with Crippen molar-refractivity contribution in [2.45, 2.75) is 57.3 Å². The van der Waals surface area contributed by atoms with Gasteiger partial charge >= 0.3 is 5.97 Å². The highest BCUT2D eigenvalue weighted by atomic mass is 32.2. The highest BCUT2D eigenvalue weighted by molar-refractivity contribution is 7.98. The Kier molecular flexibility index (Phi) is 12.9. The Morgan fingerprint density at radius 1 is 1.18 bits per heavy atom. The molecule has 186 valence electrons. The fraction of sp³-hybridized carbons (Fsp3) is 0.650. The monoisotopic (exact) mass is 502 g/mol. The molecular weight excluding hydrogens is 468 g/mol.